The summed E-state index contributed by atoms with van der Waals surface area (Å²) < 4.78 is 5.33. The summed E-state index contributed by atoms with van der Waals surface area (Å²) in [6, 6.07) is -0.899. The Labute approximate surface area is 76.7 Å². The number of aliphatic hydroxyl groups excluding tert-OH is 1. The average Bonchev–Trinajstić information content (AvgIpc) is 2.32. The highest BCUT2D eigenvalue weighted by molar-refractivity contribution is 5.74. The summed E-state index contributed by atoms with van der Waals surface area (Å²) in [5.74, 6) is -1.04. The topological polar surface area (TPSA) is 78.8 Å². The Bertz CT molecular complexity index is 195. The van der Waals surface area contributed by atoms with Gasteiger partial charge in [0.15, 0.2) is 0 Å². The fourth-order valence-electron chi connectivity index (χ4n) is 1.41. The third kappa shape index (κ3) is 2.40. The Morgan fingerprint density at radius 3 is 2.62 bits per heavy atom. The predicted molar refractivity (Wildman–Crippen MR) is 45.4 cm³/mol. The largest absolute Gasteiger partial charge is 0.480 e. The molecule has 1 heterocycles. The first kappa shape index (κ1) is 10.4. The van der Waals surface area contributed by atoms with Gasteiger partial charge in [-0.05, 0) is 13.8 Å². The van der Waals surface area contributed by atoms with E-state index in [0.29, 0.717) is 6.54 Å². The molecule has 0 saturated carbocycles. The maximum atomic E-state index is 10.6. The van der Waals surface area contributed by atoms with E-state index in [1.807, 2.05) is 13.8 Å². The lowest BCUT2D eigenvalue weighted by Crippen LogP contribution is -2.40. The third-order valence-electron chi connectivity index (χ3n) is 1.97. The molecule has 0 aromatic heterocycles. The molecule has 5 nitrogen and oxygen atoms in total. The van der Waals surface area contributed by atoms with E-state index in [0.717, 1.165) is 0 Å². The number of hydrogen-bond acceptors (Lipinski definition) is 4. The van der Waals surface area contributed by atoms with Crippen LogP contribution in [0.5, 0.6) is 0 Å². The molecule has 0 aromatic carbocycles. The second-order valence-corrected chi connectivity index (χ2v) is 3.44. The van der Waals surface area contributed by atoms with Crippen molar-refractivity contribution in [2.24, 2.45) is 0 Å². The lowest BCUT2D eigenvalue weighted by Gasteiger charge is -2.18. The summed E-state index contributed by atoms with van der Waals surface area (Å²) in [5, 5.41) is 20.8. The molecule has 0 radical (unpaired) electrons. The quantitative estimate of drug-likeness (QED) is 0.541. The summed E-state index contributed by atoms with van der Waals surface area (Å²) in [6.07, 6.45) is -1.38. The molecule has 1 saturated heterocycles. The molecule has 1 aliphatic heterocycles. The fourth-order valence-corrected chi connectivity index (χ4v) is 1.41. The first-order valence-electron chi connectivity index (χ1n) is 4.32. The van der Waals surface area contributed by atoms with Crippen molar-refractivity contribution in [3.05, 3.63) is 0 Å². The number of aliphatic hydroxyl groups is 1. The fraction of sp³-hybridized carbons (Fsp3) is 0.875. The van der Waals surface area contributed by atoms with E-state index in [4.69, 9.17) is 9.84 Å². The number of carbonyl (C=O) groups is 1. The highest BCUT2D eigenvalue weighted by Gasteiger charge is 2.39. The second-order valence-electron chi connectivity index (χ2n) is 3.44. The number of carboxylic acids is 1. The first-order valence-corrected chi connectivity index (χ1v) is 4.32. The number of rotatable bonds is 3. The van der Waals surface area contributed by atoms with Gasteiger partial charge in [-0.2, -0.15) is 0 Å². The van der Waals surface area contributed by atoms with E-state index in [9.17, 15) is 9.90 Å². The van der Waals surface area contributed by atoms with Crippen molar-refractivity contribution in [3.8, 4) is 0 Å². The van der Waals surface area contributed by atoms with Gasteiger partial charge in [-0.15, -0.1) is 0 Å². The van der Waals surface area contributed by atoms with Crippen molar-refractivity contribution in [2.45, 2.75) is 38.2 Å². The molecular formula is C8H15NO4. The lowest BCUT2D eigenvalue weighted by molar-refractivity contribution is -0.143. The Morgan fingerprint density at radius 1 is 1.62 bits per heavy atom. The van der Waals surface area contributed by atoms with Crippen LogP contribution in [0.3, 0.4) is 0 Å². The van der Waals surface area contributed by atoms with Crippen LogP contribution in [0, 0.1) is 0 Å². The zero-order chi connectivity index (χ0) is 10.0. The van der Waals surface area contributed by atoms with Crippen LogP contribution in [0.4, 0.5) is 0 Å². The minimum atomic E-state index is -1.04. The summed E-state index contributed by atoms with van der Waals surface area (Å²) in [5.41, 5.74) is 0. The Hall–Kier alpha value is -0.650. The monoisotopic (exact) mass is 189 g/mol. The molecule has 0 aliphatic carbocycles. The summed E-state index contributed by atoms with van der Waals surface area (Å²) in [6.45, 7) is 4.08. The van der Waals surface area contributed by atoms with Crippen molar-refractivity contribution in [1.82, 2.24) is 5.32 Å². The van der Waals surface area contributed by atoms with E-state index in [1.165, 1.54) is 0 Å². The second kappa shape index (κ2) is 4.04. The van der Waals surface area contributed by atoms with Crippen LogP contribution in [-0.4, -0.2) is 47.1 Å². The van der Waals surface area contributed by atoms with Crippen LogP contribution < -0.4 is 5.32 Å². The zero-order valence-corrected chi connectivity index (χ0v) is 7.73. The van der Waals surface area contributed by atoms with E-state index >= 15 is 0 Å². The van der Waals surface area contributed by atoms with Crippen LogP contribution in [0.25, 0.3) is 0 Å². The van der Waals surface area contributed by atoms with E-state index < -0.39 is 24.2 Å². The van der Waals surface area contributed by atoms with Gasteiger partial charge in [0.2, 0.25) is 0 Å². The van der Waals surface area contributed by atoms with Gasteiger partial charge < -0.3 is 14.9 Å². The van der Waals surface area contributed by atoms with Crippen LogP contribution in [0.2, 0.25) is 0 Å². The summed E-state index contributed by atoms with van der Waals surface area (Å²) >= 11 is 0. The van der Waals surface area contributed by atoms with Gasteiger partial charge in [0.25, 0.3) is 0 Å². The maximum Gasteiger partial charge on any atom is 0.323 e. The molecule has 1 fully saturated rings. The molecule has 13 heavy (non-hydrogen) atoms. The van der Waals surface area contributed by atoms with Crippen LogP contribution in [0.1, 0.15) is 13.8 Å². The molecule has 1 aliphatic rings. The van der Waals surface area contributed by atoms with Gasteiger partial charge in [-0.3, -0.25) is 10.1 Å². The van der Waals surface area contributed by atoms with E-state index in [2.05, 4.69) is 5.32 Å². The van der Waals surface area contributed by atoms with Crippen molar-refractivity contribution < 1.29 is 19.7 Å². The van der Waals surface area contributed by atoms with Gasteiger partial charge in [-0.25, -0.2) is 0 Å². The van der Waals surface area contributed by atoms with Gasteiger partial charge in [0, 0.05) is 6.54 Å². The molecule has 0 aromatic rings. The maximum absolute atomic E-state index is 10.6. The first-order chi connectivity index (χ1) is 6.02. The van der Waals surface area contributed by atoms with Crippen LogP contribution in [-0.2, 0) is 9.53 Å². The van der Waals surface area contributed by atoms with Crippen molar-refractivity contribution in [3.63, 3.8) is 0 Å². The van der Waals surface area contributed by atoms with Gasteiger partial charge in [-0.1, -0.05) is 0 Å². The number of carboxylic acid groups (broad SMARTS) is 1. The SMILES string of the molecule is CC(C)O[C@@H]1CN[C@H](C(=O)O)[C@H]1O. The Balaban J connectivity index is 2.50. The standard InChI is InChI=1S/C8H15NO4/c1-4(2)13-5-3-9-6(7(5)10)8(11)12/h4-7,9-10H,3H2,1-2H3,(H,11,12)/t5-,6+,7+/m1/s1. The molecule has 76 valence electrons. The third-order valence-corrected chi connectivity index (χ3v) is 1.97. The smallest absolute Gasteiger partial charge is 0.323 e. The van der Waals surface area contributed by atoms with Crippen LogP contribution >= 0.6 is 0 Å². The van der Waals surface area contributed by atoms with Crippen LogP contribution in [0.15, 0.2) is 0 Å². The number of aliphatic carboxylic acids is 1. The van der Waals surface area contributed by atoms with E-state index in [1.54, 1.807) is 0 Å². The molecule has 0 bridgehead atoms. The number of nitrogens with one attached hydrogen (secondary N) is 1. The molecule has 1 rings (SSSR count). The molecule has 3 atom stereocenters. The summed E-state index contributed by atoms with van der Waals surface area (Å²) in [7, 11) is 0. The van der Waals surface area contributed by atoms with Gasteiger partial charge >= 0.3 is 5.97 Å². The molecule has 5 heteroatoms. The van der Waals surface area contributed by atoms with Crippen molar-refractivity contribution >= 4 is 5.97 Å². The minimum absolute atomic E-state index is 0.00556. The zero-order valence-electron chi connectivity index (χ0n) is 7.73. The molecule has 0 spiro atoms. The van der Waals surface area contributed by atoms with Gasteiger partial charge in [0.1, 0.15) is 12.1 Å². The molecular weight excluding hydrogens is 174 g/mol. The Kier molecular flexibility index (Phi) is 3.24. The van der Waals surface area contributed by atoms with E-state index in [-0.39, 0.29) is 6.10 Å². The minimum Gasteiger partial charge on any atom is -0.480 e. The number of ether oxygens (including phenoxy) is 1. The number of hydrogen-bond donors (Lipinski definition) is 3. The normalized spacial score (nSPS) is 34.0. The summed E-state index contributed by atoms with van der Waals surface area (Å²) in [4.78, 5) is 10.6. The highest BCUT2D eigenvalue weighted by Crippen LogP contribution is 2.13. The Morgan fingerprint density at radius 2 is 2.23 bits per heavy atom. The average molecular weight is 189 g/mol. The highest BCUT2D eigenvalue weighted by atomic mass is 16.5. The van der Waals surface area contributed by atoms with Crippen molar-refractivity contribution in [1.29, 1.82) is 0 Å². The lowest BCUT2D eigenvalue weighted by atomic mass is 10.1. The van der Waals surface area contributed by atoms with Gasteiger partial charge in [0.05, 0.1) is 12.2 Å². The molecule has 3 N–H and O–H groups in total. The molecule has 0 unspecified atom stereocenters. The molecule has 0 amide bonds. The van der Waals surface area contributed by atoms with Crippen molar-refractivity contribution in [2.75, 3.05) is 6.54 Å². The predicted octanol–water partition coefficient (Wildman–Crippen LogP) is -0.803.